The van der Waals surface area contributed by atoms with Crippen molar-refractivity contribution in [2.75, 3.05) is 18.0 Å². The third-order valence-electron chi connectivity index (χ3n) is 5.28. The zero-order valence-corrected chi connectivity index (χ0v) is 17.7. The fraction of sp³-hybridized carbons (Fsp3) is 0.400. The Morgan fingerprint density at radius 3 is 1.93 bits per heavy atom. The second-order valence-electron chi connectivity index (χ2n) is 7.70. The van der Waals surface area contributed by atoms with Crippen LogP contribution >= 0.6 is 0 Å². The second-order valence-corrected chi connectivity index (χ2v) is 7.70. The predicted octanol–water partition coefficient (Wildman–Crippen LogP) is 6.76. The Morgan fingerprint density at radius 2 is 1.37 bits per heavy atom. The number of aryl methyl sites for hydroxylation is 4. The summed E-state index contributed by atoms with van der Waals surface area (Å²) < 4.78 is 0. The highest BCUT2D eigenvalue weighted by Gasteiger charge is 2.19. The molecule has 0 aliphatic carbocycles. The molecule has 1 aromatic heterocycles. The van der Waals surface area contributed by atoms with Gasteiger partial charge in [0.1, 0.15) is 0 Å². The second kappa shape index (κ2) is 8.12. The lowest BCUT2D eigenvalue weighted by Crippen LogP contribution is -2.26. The van der Waals surface area contributed by atoms with E-state index in [1.165, 1.54) is 38.7 Å². The number of anilines is 1. The van der Waals surface area contributed by atoms with Gasteiger partial charge in [-0.3, -0.25) is 4.98 Å². The molecule has 0 aliphatic rings. The van der Waals surface area contributed by atoms with Crippen molar-refractivity contribution in [3.05, 3.63) is 58.8 Å². The smallest absolute Gasteiger partial charge is 0.0790 e. The van der Waals surface area contributed by atoms with Crippen LogP contribution in [0.25, 0.3) is 22.0 Å². The van der Waals surface area contributed by atoms with E-state index in [4.69, 9.17) is 4.98 Å². The first-order valence-electron chi connectivity index (χ1n) is 10.2. The molecule has 1 heterocycles. The molecule has 2 aromatic carbocycles. The summed E-state index contributed by atoms with van der Waals surface area (Å²) in [7, 11) is 0. The summed E-state index contributed by atoms with van der Waals surface area (Å²) in [5.41, 5.74) is 8.75. The van der Waals surface area contributed by atoms with Crippen molar-refractivity contribution in [3.63, 3.8) is 0 Å². The lowest BCUT2D eigenvalue weighted by molar-refractivity contribution is 0.743. The van der Waals surface area contributed by atoms with Gasteiger partial charge in [0.15, 0.2) is 0 Å². The van der Waals surface area contributed by atoms with Gasteiger partial charge in [-0.05, 0) is 51.7 Å². The van der Waals surface area contributed by atoms with E-state index in [1.54, 1.807) is 0 Å². The molecular weight excluding hydrogens is 328 g/mol. The minimum absolute atomic E-state index is 1.07. The van der Waals surface area contributed by atoms with E-state index in [9.17, 15) is 0 Å². The zero-order valence-electron chi connectivity index (χ0n) is 17.7. The first-order valence-corrected chi connectivity index (χ1v) is 10.2. The van der Waals surface area contributed by atoms with Crippen LogP contribution in [-0.2, 0) is 0 Å². The maximum atomic E-state index is 5.17. The first-order chi connectivity index (χ1) is 13.0. The van der Waals surface area contributed by atoms with Crippen LogP contribution < -0.4 is 4.90 Å². The van der Waals surface area contributed by atoms with Crippen LogP contribution in [0.5, 0.6) is 0 Å². The van der Waals surface area contributed by atoms with E-state index in [-0.39, 0.29) is 0 Å². The van der Waals surface area contributed by atoms with Gasteiger partial charge < -0.3 is 4.90 Å². The van der Waals surface area contributed by atoms with Crippen molar-refractivity contribution in [2.45, 2.75) is 54.4 Å². The van der Waals surface area contributed by atoms with Crippen LogP contribution in [0.3, 0.4) is 0 Å². The quantitative estimate of drug-likeness (QED) is 0.482. The average Bonchev–Trinajstić information content (AvgIpc) is 2.61. The fourth-order valence-electron chi connectivity index (χ4n) is 4.39. The van der Waals surface area contributed by atoms with E-state index < -0.39 is 0 Å². The molecule has 3 rings (SSSR count). The average molecular weight is 361 g/mol. The zero-order chi connectivity index (χ0) is 19.6. The summed E-state index contributed by atoms with van der Waals surface area (Å²) >= 11 is 0. The van der Waals surface area contributed by atoms with E-state index >= 15 is 0 Å². The highest BCUT2D eigenvalue weighted by molar-refractivity contribution is 6.03. The number of hydrogen-bond donors (Lipinski definition) is 0. The molecule has 0 radical (unpaired) electrons. The van der Waals surface area contributed by atoms with E-state index in [0.29, 0.717) is 0 Å². The Hall–Kier alpha value is -2.35. The van der Waals surface area contributed by atoms with Gasteiger partial charge in [-0.2, -0.15) is 0 Å². The Labute approximate surface area is 164 Å². The van der Waals surface area contributed by atoms with Crippen LogP contribution in [0.2, 0.25) is 0 Å². The number of aromatic nitrogens is 1. The molecule has 0 saturated carbocycles. The molecule has 0 aliphatic heterocycles. The summed E-state index contributed by atoms with van der Waals surface area (Å²) in [6.45, 7) is 15.4. The molecule has 2 nitrogen and oxygen atoms in total. The minimum Gasteiger partial charge on any atom is -0.370 e. The summed E-state index contributed by atoms with van der Waals surface area (Å²) in [5.74, 6) is 0. The number of pyridine rings is 1. The Balaban J connectivity index is 2.32. The number of fused-ring (bicyclic) bond motifs is 1. The highest BCUT2D eigenvalue weighted by atomic mass is 15.1. The van der Waals surface area contributed by atoms with E-state index in [1.807, 2.05) is 0 Å². The van der Waals surface area contributed by atoms with Crippen LogP contribution in [0.4, 0.5) is 5.69 Å². The van der Waals surface area contributed by atoms with Gasteiger partial charge in [0.05, 0.1) is 17.1 Å². The summed E-state index contributed by atoms with van der Waals surface area (Å²) in [6, 6.07) is 13.3. The van der Waals surface area contributed by atoms with Gasteiger partial charge in [-0.25, -0.2) is 0 Å². The maximum Gasteiger partial charge on any atom is 0.0790 e. The van der Waals surface area contributed by atoms with Crippen LogP contribution in [0.1, 0.15) is 49.1 Å². The molecule has 142 valence electrons. The van der Waals surface area contributed by atoms with Crippen molar-refractivity contribution in [1.29, 1.82) is 0 Å². The normalized spacial score (nSPS) is 11.2. The molecule has 27 heavy (non-hydrogen) atoms. The molecule has 0 N–H and O–H groups in total. The molecule has 0 saturated heterocycles. The lowest BCUT2D eigenvalue weighted by Gasteiger charge is -2.28. The molecule has 0 atom stereocenters. The van der Waals surface area contributed by atoms with Crippen molar-refractivity contribution in [1.82, 2.24) is 4.98 Å². The molecule has 2 heteroatoms. The fourth-order valence-corrected chi connectivity index (χ4v) is 4.39. The largest absolute Gasteiger partial charge is 0.370 e. The standard InChI is InChI=1S/C25H32N2/c1-7-13-27(14-8-2)25-20(6)26-24(21-11-9-10-12-22(21)25)23-18(4)15-17(3)16-19(23)5/h9-12,15-16H,7-8,13-14H2,1-6H3. The van der Waals surface area contributed by atoms with Gasteiger partial charge in [0, 0.05) is 29.4 Å². The third kappa shape index (κ3) is 3.71. The van der Waals surface area contributed by atoms with Gasteiger partial charge in [0.2, 0.25) is 0 Å². The topological polar surface area (TPSA) is 16.1 Å². The monoisotopic (exact) mass is 360 g/mol. The molecule has 3 aromatic rings. The predicted molar refractivity (Wildman–Crippen MR) is 119 cm³/mol. The van der Waals surface area contributed by atoms with Crippen molar-refractivity contribution < 1.29 is 0 Å². The molecule has 0 unspecified atom stereocenters. The molecule has 0 fully saturated rings. The summed E-state index contributed by atoms with van der Waals surface area (Å²) in [5, 5.41) is 2.58. The van der Waals surface area contributed by atoms with Crippen molar-refractivity contribution >= 4 is 16.5 Å². The van der Waals surface area contributed by atoms with E-state index in [2.05, 4.69) is 82.8 Å². The van der Waals surface area contributed by atoms with Gasteiger partial charge in [0.25, 0.3) is 0 Å². The third-order valence-corrected chi connectivity index (χ3v) is 5.28. The van der Waals surface area contributed by atoms with Crippen LogP contribution in [0, 0.1) is 27.7 Å². The van der Waals surface area contributed by atoms with E-state index in [0.717, 1.165) is 37.3 Å². The van der Waals surface area contributed by atoms with Gasteiger partial charge in [-0.15, -0.1) is 0 Å². The van der Waals surface area contributed by atoms with Gasteiger partial charge in [-0.1, -0.05) is 55.8 Å². The van der Waals surface area contributed by atoms with Gasteiger partial charge >= 0.3 is 0 Å². The number of nitrogens with zero attached hydrogens (tertiary/aromatic N) is 2. The molecular formula is C25H32N2. The number of rotatable bonds is 6. The van der Waals surface area contributed by atoms with Crippen LogP contribution in [-0.4, -0.2) is 18.1 Å². The van der Waals surface area contributed by atoms with Crippen LogP contribution in [0.15, 0.2) is 36.4 Å². The summed E-state index contributed by atoms with van der Waals surface area (Å²) in [6.07, 6.45) is 2.29. The Bertz CT molecular complexity index is 927. The highest BCUT2D eigenvalue weighted by Crippen LogP contribution is 2.38. The summed E-state index contributed by atoms with van der Waals surface area (Å²) in [4.78, 5) is 7.68. The lowest BCUT2D eigenvalue weighted by atomic mass is 9.93. The van der Waals surface area contributed by atoms with Crippen molar-refractivity contribution in [2.24, 2.45) is 0 Å². The Kier molecular flexibility index (Phi) is 5.84. The molecule has 0 amide bonds. The number of hydrogen-bond acceptors (Lipinski definition) is 2. The molecule has 0 spiro atoms. The minimum atomic E-state index is 1.07. The SMILES string of the molecule is CCCN(CCC)c1c(C)nc(-c2c(C)cc(C)cc2C)c2ccccc12. The first kappa shape index (κ1) is 19.4. The van der Waals surface area contributed by atoms with Crippen molar-refractivity contribution in [3.8, 4) is 11.3 Å². The Morgan fingerprint density at radius 1 is 0.815 bits per heavy atom. The maximum absolute atomic E-state index is 5.17. The molecule has 0 bridgehead atoms. The number of benzene rings is 2.